The first kappa shape index (κ1) is 14.1. The predicted octanol–water partition coefficient (Wildman–Crippen LogP) is 2.62. The average molecular weight is 335 g/mol. The first-order valence-corrected chi connectivity index (χ1v) is 6.47. The number of phenolic OH excluding ortho intramolecular Hbond substituents is 2. The van der Waals surface area contributed by atoms with Crippen LogP contribution in [0, 0.1) is 0 Å². The van der Waals surface area contributed by atoms with Gasteiger partial charge in [0.2, 0.25) is 0 Å². The summed E-state index contributed by atoms with van der Waals surface area (Å²) < 4.78 is 0.877. The number of nitrogens with zero attached hydrogens (tertiary/aromatic N) is 1. The summed E-state index contributed by atoms with van der Waals surface area (Å²) >= 11 is 3.28. The summed E-state index contributed by atoms with van der Waals surface area (Å²) in [5, 5.41) is 22.6. The van der Waals surface area contributed by atoms with Crippen LogP contribution in [0.15, 0.2) is 52.0 Å². The maximum atomic E-state index is 11.7. The van der Waals surface area contributed by atoms with Gasteiger partial charge in [-0.15, -0.1) is 0 Å². The van der Waals surface area contributed by atoms with Crippen molar-refractivity contribution < 1.29 is 15.0 Å². The number of rotatable bonds is 3. The number of amides is 1. The largest absolute Gasteiger partial charge is 0.504 e. The Morgan fingerprint density at radius 2 is 1.85 bits per heavy atom. The summed E-state index contributed by atoms with van der Waals surface area (Å²) in [7, 11) is 0. The van der Waals surface area contributed by atoms with Gasteiger partial charge in [0.05, 0.1) is 6.21 Å². The molecule has 0 atom stereocenters. The number of carbonyl (C=O) groups excluding carboxylic acids is 1. The van der Waals surface area contributed by atoms with E-state index in [1.165, 1.54) is 12.3 Å². The summed E-state index contributed by atoms with van der Waals surface area (Å²) in [6.45, 7) is 0. The Morgan fingerprint density at radius 1 is 1.15 bits per heavy atom. The van der Waals surface area contributed by atoms with Gasteiger partial charge < -0.3 is 10.2 Å². The summed E-state index contributed by atoms with van der Waals surface area (Å²) in [4.78, 5) is 11.7. The van der Waals surface area contributed by atoms with Gasteiger partial charge in [-0.3, -0.25) is 4.79 Å². The molecular weight excluding hydrogens is 324 g/mol. The number of phenols is 2. The summed E-state index contributed by atoms with van der Waals surface area (Å²) in [5.74, 6) is -0.893. The molecule has 6 heteroatoms. The summed E-state index contributed by atoms with van der Waals surface area (Å²) in [6, 6.07) is 11.3. The monoisotopic (exact) mass is 334 g/mol. The zero-order chi connectivity index (χ0) is 14.5. The Morgan fingerprint density at radius 3 is 2.55 bits per heavy atom. The number of hydrogen-bond acceptors (Lipinski definition) is 4. The van der Waals surface area contributed by atoms with E-state index in [2.05, 4.69) is 26.5 Å². The molecule has 0 aromatic heterocycles. The number of nitrogens with one attached hydrogen (secondary N) is 1. The molecular formula is C14H11BrN2O3. The van der Waals surface area contributed by atoms with E-state index in [1.807, 2.05) is 0 Å². The Hall–Kier alpha value is -2.34. The van der Waals surface area contributed by atoms with Crippen molar-refractivity contribution in [3.63, 3.8) is 0 Å². The van der Waals surface area contributed by atoms with Crippen molar-refractivity contribution in [3.8, 4) is 11.5 Å². The van der Waals surface area contributed by atoms with Crippen molar-refractivity contribution in [1.29, 1.82) is 0 Å². The van der Waals surface area contributed by atoms with Gasteiger partial charge in [0.1, 0.15) is 0 Å². The molecule has 0 radical (unpaired) electrons. The van der Waals surface area contributed by atoms with Gasteiger partial charge in [-0.05, 0) is 36.4 Å². The fourth-order valence-corrected chi connectivity index (χ4v) is 1.74. The second kappa shape index (κ2) is 6.21. The van der Waals surface area contributed by atoms with E-state index in [0.29, 0.717) is 11.1 Å². The van der Waals surface area contributed by atoms with E-state index in [4.69, 9.17) is 0 Å². The molecule has 102 valence electrons. The third-order valence-corrected chi connectivity index (χ3v) is 3.05. The third kappa shape index (κ3) is 3.36. The second-order valence-corrected chi connectivity index (χ2v) is 4.84. The van der Waals surface area contributed by atoms with Crippen LogP contribution in [0.25, 0.3) is 0 Å². The van der Waals surface area contributed by atoms with Gasteiger partial charge in [0.15, 0.2) is 11.5 Å². The second-order valence-electron chi connectivity index (χ2n) is 3.92. The van der Waals surface area contributed by atoms with E-state index in [0.717, 1.165) is 4.47 Å². The van der Waals surface area contributed by atoms with Crippen LogP contribution in [0.4, 0.5) is 0 Å². The fourth-order valence-electron chi connectivity index (χ4n) is 1.48. The van der Waals surface area contributed by atoms with Gasteiger partial charge in [0, 0.05) is 15.6 Å². The van der Waals surface area contributed by atoms with Gasteiger partial charge in [-0.2, -0.15) is 5.10 Å². The summed E-state index contributed by atoms with van der Waals surface area (Å²) in [6.07, 6.45) is 1.26. The van der Waals surface area contributed by atoms with Crippen LogP contribution in [0.3, 0.4) is 0 Å². The number of benzene rings is 2. The third-order valence-electron chi connectivity index (χ3n) is 2.52. The number of halogens is 1. The minimum absolute atomic E-state index is 0.242. The van der Waals surface area contributed by atoms with Crippen LogP contribution in [-0.2, 0) is 0 Å². The van der Waals surface area contributed by atoms with Crippen LogP contribution in [0.2, 0.25) is 0 Å². The minimum Gasteiger partial charge on any atom is -0.504 e. The molecule has 2 rings (SSSR count). The first-order chi connectivity index (χ1) is 9.58. The maximum Gasteiger partial charge on any atom is 0.271 e. The molecule has 0 aliphatic carbocycles. The molecule has 0 heterocycles. The van der Waals surface area contributed by atoms with E-state index in [1.54, 1.807) is 36.4 Å². The molecule has 3 N–H and O–H groups in total. The molecule has 20 heavy (non-hydrogen) atoms. The van der Waals surface area contributed by atoms with Crippen LogP contribution in [0.1, 0.15) is 15.9 Å². The average Bonchev–Trinajstić information content (AvgIpc) is 2.44. The number of hydrazone groups is 1. The smallest absolute Gasteiger partial charge is 0.271 e. The van der Waals surface area contributed by atoms with Crippen LogP contribution in [0.5, 0.6) is 11.5 Å². The zero-order valence-electron chi connectivity index (χ0n) is 10.2. The van der Waals surface area contributed by atoms with Crippen molar-refractivity contribution in [3.05, 3.63) is 58.1 Å². The normalized spacial score (nSPS) is 10.7. The first-order valence-electron chi connectivity index (χ1n) is 5.68. The Labute approximate surface area is 123 Å². The lowest BCUT2D eigenvalue weighted by Gasteiger charge is -2.02. The number of aromatic hydroxyl groups is 2. The highest BCUT2D eigenvalue weighted by atomic mass is 79.9. The van der Waals surface area contributed by atoms with Crippen molar-refractivity contribution >= 4 is 28.1 Å². The van der Waals surface area contributed by atoms with E-state index >= 15 is 0 Å². The number of carbonyl (C=O) groups is 1. The summed E-state index contributed by atoms with van der Waals surface area (Å²) in [5.41, 5.74) is 3.11. The predicted molar refractivity (Wildman–Crippen MR) is 79.0 cm³/mol. The molecule has 1 amide bonds. The lowest BCUT2D eigenvalue weighted by molar-refractivity contribution is 0.0955. The van der Waals surface area contributed by atoms with Crippen molar-refractivity contribution in [2.24, 2.45) is 5.10 Å². The van der Waals surface area contributed by atoms with E-state index < -0.39 is 0 Å². The molecule has 0 aliphatic heterocycles. The lowest BCUT2D eigenvalue weighted by Crippen LogP contribution is -2.17. The van der Waals surface area contributed by atoms with Gasteiger partial charge >= 0.3 is 0 Å². The number of hydrogen-bond donors (Lipinski definition) is 3. The highest BCUT2D eigenvalue weighted by Gasteiger charge is 2.05. The number of para-hydroxylation sites is 1. The van der Waals surface area contributed by atoms with Gasteiger partial charge in [-0.1, -0.05) is 22.0 Å². The van der Waals surface area contributed by atoms with Crippen LogP contribution in [-0.4, -0.2) is 22.3 Å². The molecule has 2 aromatic rings. The highest BCUT2D eigenvalue weighted by molar-refractivity contribution is 9.10. The molecule has 0 fully saturated rings. The Balaban J connectivity index is 2.04. The molecule has 0 saturated heterocycles. The van der Waals surface area contributed by atoms with E-state index in [9.17, 15) is 15.0 Å². The van der Waals surface area contributed by atoms with E-state index in [-0.39, 0.29) is 17.4 Å². The topological polar surface area (TPSA) is 81.9 Å². The Kier molecular flexibility index (Phi) is 4.37. The standard InChI is InChI=1S/C14H11BrN2O3/c15-11-6-4-9(5-7-11)14(20)17-16-8-10-2-1-3-12(18)13(10)19/h1-8,18-19H,(H,17,20)/b16-8-. The molecule has 0 bridgehead atoms. The maximum absolute atomic E-state index is 11.7. The van der Waals surface area contributed by atoms with Gasteiger partial charge in [0.25, 0.3) is 5.91 Å². The van der Waals surface area contributed by atoms with Crippen molar-refractivity contribution in [2.45, 2.75) is 0 Å². The lowest BCUT2D eigenvalue weighted by atomic mass is 10.2. The SMILES string of the molecule is O=C(N/N=C\c1cccc(O)c1O)c1ccc(Br)cc1. The quantitative estimate of drug-likeness (QED) is 0.458. The molecule has 0 unspecified atom stereocenters. The van der Waals surface area contributed by atoms with Crippen molar-refractivity contribution in [2.75, 3.05) is 0 Å². The van der Waals surface area contributed by atoms with Gasteiger partial charge in [-0.25, -0.2) is 5.43 Å². The molecule has 0 spiro atoms. The Bertz CT molecular complexity index is 654. The molecule has 2 aromatic carbocycles. The van der Waals surface area contributed by atoms with Crippen LogP contribution < -0.4 is 5.43 Å². The fraction of sp³-hybridized carbons (Fsp3) is 0. The molecule has 0 saturated carbocycles. The van der Waals surface area contributed by atoms with Crippen LogP contribution >= 0.6 is 15.9 Å². The zero-order valence-corrected chi connectivity index (χ0v) is 11.8. The molecule has 5 nitrogen and oxygen atoms in total. The highest BCUT2D eigenvalue weighted by Crippen LogP contribution is 2.26. The van der Waals surface area contributed by atoms with Crippen molar-refractivity contribution in [1.82, 2.24) is 5.43 Å². The minimum atomic E-state index is -0.367. The molecule has 0 aliphatic rings.